The van der Waals surface area contributed by atoms with Crippen molar-refractivity contribution in [2.45, 2.75) is 31.0 Å². The molecule has 0 fully saturated rings. The number of ether oxygens (including phenoxy) is 3. The topological polar surface area (TPSA) is 165 Å². The number of amides is 3. The molecule has 230 valence electrons. The quantitative estimate of drug-likeness (QED) is 0.345. The second-order valence-electron chi connectivity index (χ2n) is 10.7. The largest absolute Gasteiger partial charge is 0.487 e. The van der Waals surface area contributed by atoms with Crippen LogP contribution in [-0.4, -0.2) is 90.5 Å². The lowest BCUT2D eigenvalue weighted by atomic mass is 9.99. The monoisotopic (exact) mass is 614 g/mol. The van der Waals surface area contributed by atoms with Gasteiger partial charge in [0.25, 0.3) is 15.9 Å². The molecule has 14 nitrogen and oxygen atoms in total. The summed E-state index contributed by atoms with van der Waals surface area (Å²) < 4.78 is 46.7. The number of hydrogen-bond donors (Lipinski definition) is 3. The number of urea groups is 1. The fraction of sp³-hybridized carbons (Fsp3) is 0.393. The molecule has 3 aromatic rings. The molecule has 0 unspecified atom stereocenters. The van der Waals surface area contributed by atoms with Crippen LogP contribution in [0.5, 0.6) is 17.2 Å². The molecule has 0 bridgehead atoms. The molecule has 43 heavy (non-hydrogen) atoms. The van der Waals surface area contributed by atoms with E-state index in [0.717, 1.165) is 0 Å². The van der Waals surface area contributed by atoms with Crippen molar-refractivity contribution in [3.63, 3.8) is 0 Å². The maximum atomic E-state index is 13.7. The Kier molecular flexibility index (Phi) is 8.37. The van der Waals surface area contributed by atoms with Crippen molar-refractivity contribution >= 4 is 33.3 Å². The van der Waals surface area contributed by atoms with Crippen molar-refractivity contribution in [1.29, 1.82) is 0 Å². The van der Waals surface area contributed by atoms with Gasteiger partial charge in [-0.3, -0.25) is 9.52 Å². The minimum absolute atomic E-state index is 0.117. The van der Waals surface area contributed by atoms with E-state index in [4.69, 9.17) is 14.2 Å². The Bertz CT molecular complexity index is 1630. The van der Waals surface area contributed by atoms with Crippen molar-refractivity contribution in [2.75, 3.05) is 43.6 Å². The summed E-state index contributed by atoms with van der Waals surface area (Å²) in [5.41, 5.74) is 0.793. The van der Waals surface area contributed by atoms with Crippen LogP contribution in [0.1, 0.15) is 24.2 Å². The van der Waals surface area contributed by atoms with Crippen LogP contribution < -0.4 is 24.2 Å². The van der Waals surface area contributed by atoms with Gasteiger partial charge in [0, 0.05) is 50.2 Å². The zero-order chi connectivity index (χ0) is 30.9. The Hall–Kier alpha value is -4.50. The Balaban J connectivity index is 1.38. The molecule has 0 saturated carbocycles. The molecule has 3 heterocycles. The van der Waals surface area contributed by atoms with Crippen LogP contribution in [0, 0.1) is 5.92 Å². The van der Waals surface area contributed by atoms with Gasteiger partial charge >= 0.3 is 6.03 Å². The van der Waals surface area contributed by atoms with Gasteiger partial charge in [0.1, 0.15) is 11.9 Å². The number of carbonyl (C=O) groups is 2. The predicted octanol–water partition coefficient (Wildman–Crippen LogP) is 2.33. The summed E-state index contributed by atoms with van der Waals surface area (Å²) in [4.78, 5) is 33.7. The minimum atomic E-state index is -4.02. The number of carbonyl (C=O) groups excluding carboxylic acids is 2. The average Bonchev–Trinajstić information content (AvgIpc) is 3.63. The molecule has 1 aromatic heterocycles. The van der Waals surface area contributed by atoms with E-state index in [1.165, 1.54) is 45.1 Å². The minimum Gasteiger partial charge on any atom is -0.487 e. The lowest BCUT2D eigenvalue weighted by Gasteiger charge is -2.38. The number of likely N-dealkylation sites (N-methyl/N-ethyl adjacent to an activating group) is 1. The van der Waals surface area contributed by atoms with Gasteiger partial charge in [0.05, 0.1) is 31.1 Å². The molecular formula is C28H34N6O8S. The molecule has 3 amide bonds. The molecule has 2 aliphatic rings. The first kappa shape index (κ1) is 30.0. The molecule has 0 aliphatic carbocycles. The zero-order valence-corrected chi connectivity index (χ0v) is 25.0. The fourth-order valence-electron chi connectivity index (χ4n) is 4.79. The second-order valence-corrected chi connectivity index (χ2v) is 12.3. The molecule has 15 heteroatoms. The first-order valence-corrected chi connectivity index (χ1v) is 15.1. The Labute approximate surface area is 249 Å². The molecule has 3 N–H and O–H groups in total. The number of aliphatic hydroxyl groups excluding tert-OH is 1. The lowest BCUT2D eigenvalue weighted by Crippen LogP contribution is -2.50. The smallest absolute Gasteiger partial charge is 0.321 e. The summed E-state index contributed by atoms with van der Waals surface area (Å²) in [5, 5.41) is 12.6. The normalized spacial score (nSPS) is 18.6. The summed E-state index contributed by atoms with van der Waals surface area (Å²) in [6.45, 7) is 3.87. The third-order valence-electron chi connectivity index (χ3n) is 7.30. The lowest BCUT2D eigenvalue weighted by molar-refractivity contribution is 0.0371. The Morgan fingerprint density at radius 2 is 1.88 bits per heavy atom. The van der Waals surface area contributed by atoms with E-state index < -0.39 is 28.1 Å². The molecule has 2 aliphatic heterocycles. The van der Waals surface area contributed by atoms with Gasteiger partial charge in [-0.2, -0.15) is 8.42 Å². The molecule has 0 radical (unpaired) electrons. The van der Waals surface area contributed by atoms with Crippen LogP contribution in [0.4, 0.5) is 16.2 Å². The van der Waals surface area contributed by atoms with Gasteiger partial charge in [-0.05, 0) is 37.3 Å². The molecule has 0 spiro atoms. The third kappa shape index (κ3) is 6.46. The van der Waals surface area contributed by atoms with Crippen molar-refractivity contribution in [2.24, 2.45) is 13.0 Å². The number of anilines is 2. The Morgan fingerprint density at radius 1 is 1.16 bits per heavy atom. The van der Waals surface area contributed by atoms with Crippen molar-refractivity contribution < 1.29 is 37.3 Å². The number of rotatable bonds is 8. The summed E-state index contributed by atoms with van der Waals surface area (Å²) in [5.74, 6) is 0.704. The number of fused-ring (bicyclic) bond motifs is 2. The van der Waals surface area contributed by atoms with Gasteiger partial charge in [-0.1, -0.05) is 6.92 Å². The van der Waals surface area contributed by atoms with E-state index in [1.54, 1.807) is 39.2 Å². The number of aryl methyl sites for hydroxylation is 1. The van der Waals surface area contributed by atoms with Crippen molar-refractivity contribution in [1.82, 2.24) is 19.4 Å². The van der Waals surface area contributed by atoms with Crippen LogP contribution in [0.2, 0.25) is 0 Å². The molecule has 5 rings (SSSR count). The number of sulfonamides is 1. The number of aromatic nitrogens is 2. The highest BCUT2D eigenvalue weighted by Crippen LogP contribution is 2.35. The van der Waals surface area contributed by atoms with Crippen LogP contribution in [0.25, 0.3) is 0 Å². The van der Waals surface area contributed by atoms with E-state index >= 15 is 0 Å². The van der Waals surface area contributed by atoms with E-state index in [0.29, 0.717) is 17.2 Å². The third-order valence-corrected chi connectivity index (χ3v) is 8.56. The maximum absolute atomic E-state index is 13.7. The average molecular weight is 615 g/mol. The van der Waals surface area contributed by atoms with Crippen LogP contribution in [0.15, 0.2) is 53.9 Å². The van der Waals surface area contributed by atoms with E-state index in [-0.39, 0.29) is 60.5 Å². The Morgan fingerprint density at radius 3 is 2.60 bits per heavy atom. The van der Waals surface area contributed by atoms with Crippen molar-refractivity contribution in [3.8, 4) is 17.2 Å². The summed E-state index contributed by atoms with van der Waals surface area (Å²) in [7, 11) is -0.731. The zero-order valence-electron chi connectivity index (χ0n) is 24.2. The fourth-order valence-corrected chi connectivity index (χ4v) is 5.82. The van der Waals surface area contributed by atoms with Crippen LogP contribution in [-0.2, 0) is 17.1 Å². The molecular weight excluding hydrogens is 580 g/mol. The van der Waals surface area contributed by atoms with Crippen LogP contribution in [0.3, 0.4) is 0 Å². The first-order valence-electron chi connectivity index (χ1n) is 13.6. The van der Waals surface area contributed by atoms with E-state index in [1.807, 2.05) is 6.92 Å². The summed E-state index contributed by atoms with van der Waals surface area (Å²) >= 11 is 0. The second kappa shape index (κ2) is 12.0. The number of nitrogens with one attached hydrogen (secondary N) is 2. The van der Waals surface area contributed by atoms with Gasteiger partial charge < -0.3 is 39.0 Å². The number of aliphatic hydroxyl groups is 1. The summed E-state index contributed by atoms with van der Waals surface area (Å²) in [6, 6.07) is 8.61. The number of nitrogens with zero attached hydrogens (tertiary/aromatic N) is 4. The van der Waals surface area contributed by atoms with E-state index in [2.05, 4.69) is 15.0 Å². The SMILES string of the molecule is C[C@H](CO)N1C[C@H](C)[C@H](CN(C)C(=O)Nc2ccc3c(c2)OCO3)Oc2ccc(NS(=O)(=O)c3cn(C)cn3)cc2C1=O. The van der Waals surface area contributed by atoms with Crippen molar-refractivity contribution in [3.05, 3.63) is 54.5 Å². The van der Waals surface area contributed by atoms with Gasteiger partial charge in [-0.25, -0.2) is 9.78 Å². The van der Waals surface area contributed by atoms with Crippen LogP contribution >= 0.6 is 0 Å². The standard InChI is InChI=1S/C28H34N6O8S/c1-17-11-34(18(2)14-35)27(36)21-9-20(31-43(38,39)26-13-32(3)15-29-26)6-7-22(21)42-25(17)12-33(4)28(37)30-19-5-8-23-24(10-19)41-16-40-23/h5-10,13,15,17-18,25,31,35H,11-12,14,16H2,1-4H3,(H,30,37)/t17-,18+,25-/m0/s1. The highest BCUT2D eigenvalue weighted by atomic mass is 32.2. The van der Waals surface area contributed by atoms with Gasteiger partial charge in [-0.15, -0.1) is 0 Å². The molecule has 0 saturated heterocycles. The first-order chi connectivity index (χ1) is 20.4. The molecule has 2 aromatic carbocycles. The number of imidazole rings is 1. The van der Waals surface area contributed by atoms with E-state index in [9.17, 15) is 23.1 Å². The van der Waals surface area contributed by atoms with Gasteiger partial charge in [0.2, 0.25) is 6.79 Å². The number of hydrogen-bond acceptors (Lipinski definition) is 9. The predicted molar refractivity (Wildman–Crippen MR) is 156 cm³/mol. The highest BCUT2D eigenvalue weighted by molar-refractivity contribution is 7.92. The number of benzene rings is 2. The van der Waals surface area contributed by atoms with Gasteiger partial charge in [0.15, 0.2) is 16.5 Å². The maximum Gasteiger partial charge on any atom is 0.321 e. The molecule has 3 atom stereocenters. The summed E-state index contributed by atoms with van der Waals surface area (Å²) in [6.07, 6.45) is 2.18. The highest BCUT2D eigenvalue weighted by Gasteiger charge is 2.34.